The molecule has 0 N–H and O–H groups in total. The zero-order chi connectivity index (χ0) is 13.1. The van der Waals surface area contributed by atoms with E-state index in [-0.39, 0.29) is 5.82 Å². The van der Waals surface area contributed by atoms with Crippen molar-refractivity contribution in [3.05, 3.63) is 40.8 Å². The molecule has 0 saturated carbocycles. The van der Waals surface area contributed by atoms with Crippen molar-refractivity contribution in [1.29, 1.82) is 0 Å². The van der Waals surface area contributed by atoms with E-state index in [1.807, 2.05) is 0 Å². The molecule has 18 heavy (non-hydrogen) atoms. The van der Waals surface area contributed by atoms with Crippen LogP contribution in [0.5, 0.6) is 5.88 Å². The van der Waals surface area contributed by atoms with Gasteiger partial charge in [0, 0.05) is 12.7 Å². The van der Waals surface area contributed by atoms with Crippen molar-refractivity contribution in [2.24, 2.45) is 0 Å². The lowest BCUT2D eigenvalue weighted by molar-refractivity contribution is 0.394. The first kappa shape index (κ1) is 12.8. The Labute approximate surface area is 113 Å². The van der Waals surface area contributed by atoms with Gasteiger partial charge in [-0.25, -0.2) is 9.37 Å². The molecule has 6 heteroatoms. The van der Waals surface area contributed by atoms with Crippen LogP contribution >= 0.6 is 15.9 Å². The minimum Gasteiger partial charge on any atom is -0.480 e. The summed E-state index contributed by atoms with van der Waals surface area (Å²) in [5.74, 6) is 0.562. The van der Waals surface area contributed by atoms with Crippen molar-refractivity contribution in [1.82, 2.24) is 9.97 Å². The highest BCUT2D eigenvalue weighted by atomic mass is 79.9. The fourth-order valence-electron chi connectivity index (χ4n) is 1.45. The molecule has 0 aliphatic heterocycles. The third kappa shape index (κ3) is 2.59. The highest BCUT2D eigenvalue weighted by Crippen LogP contribution is 2.26. The van der Waals surface area contributed by atoms with Crippen LogP contribution in [0.1, 0.15) is 0 Å². The van der Waals surface area contributed by atoms with Crippen molar-refractivity contribution in [3.63, 3.8) is 0 Å². The van der Waals surface area contributed by atoms with E-state index in [0.717, 1.165) is 0 Å². The van der Waals surface area contributed by atoms with Crippen molar-refractivity contribution < 1.29 is 9.13 Å². The van der Waals surface area contributed by atoms with Crippen LogP contribution in [-0.2, 0) is 0 Å². The standard InChI is InChI=1S/C12H11BrFN3O/c1-17(9-5-3-4-8(14)6-9)12-15-7-10(13)11(16-12)18-2/h3-7H,1-2H3. The van der Waals surface area contributed by atoms with Gasteiger partial charge in [-0.05, 0) is 34.1 Å². The molecule has 0 aliphatic rings. The van der Waals surface area contributed by atoms with Crippen molar-refractivity contribution in [3.8, 4) is 5.88 Å². The molecule has 0 unspecified atom stereocenters. The molecular weight excluding hydrogens is 301 g/mol. The molecule has 0 bridgehead atoms. The predicted octanol–water partition coefficient (Wildman–Crippen LogP) is 3.15. The molecular formula is C12H11BrFN3O. The number of methoxy groups -OCH3 is 1. The van der Waals surface area contributed by atoms with Crippen LogP contribution in [0.4, 0.5) is 16.0 Å². The molecule has 2 rings (SSSR count). The van der Waals surface area contributed by atoms with Crippen LogP contribution in [0.25, 0.3) is 0 Å². The molecule has 0 atom stereocenters. The zero-order valence-electron chi connectivity index (χ0n) is 9.89. The smallest absolute Gasteiger partial charge is 0.232 e. The van der Waals surface area contributed by atoms with Gasteiger partial charge in [0.15, 0.2) is 0 Å². The quantitative estimate of drug-likeness (QED) is 0.872. The summed E-state index contributed by atoms with van der Waals surface area (Å²) >= 11 is 3.28. The third-order valence-electron chi connectivity index (χ3n) is 2.39. The summed E-state index contributed by atoms with van der Waals surface area (Å²) in [5, 5.41) is 0. The highest BCUT2D eigenvalue weighted by molar-refractivity contribution is 9.10. The van der Waals surface area contributed by atoms with Gasteiger partial charge in [0.25, 0.3) is 0 Å². The molecule has 2 aromatic rings. The molecule has 0 fully saturated rings. The Morgan fingerprint density at radius 3 is 2.83 bits per heavy atom. The largest absolute Gasteiger partial charge is 0.480 e. The van der Waals surface area contributed by atoms with Crippen LogP contribution in [0, 0.1) is 5.82 Å². The van der Waals surface area contributed by atoms with Gasteiger partial charge < -0.3 is 9.64 Å². The number of anilines is 2. The van der Waals surface area contributed by atoms with Gasteiger partial charge in [0.05, 0.1) is 17.8 Å². The second-order valence-corrected chi connectivity index (χ2v) is 4.42. The normalized spacial score (nSPS) is 10.2. The van der Waals surface area contributed by atoms with E-state index in [1.165, 1.54) is 19.2 Å². The van der Waals surface area contributed by atoms with Crippen LogP contribution in [-0.4, -0.2) is 24.1 Å². The second kappa shape index (κ2) is 5.30. The van der Waals surface area contributed by atoms with E-state index in [9.17, 15) is 4.39 Å². The SMILES string of the molecule is COc1nc(N(C)c2cccc(F)c2)ncc1Br. The first-order valence-corrected chi connectivity index (χ1v) is 5.97. The lowest BCUT2D eigenvalue weighted by Gasteiger charge is -2.17. The average Bonchev–Trinajstić information content (AvgIpc) is 2.38. The Kier molecular flexibility index (Phi) is 3.76. The third-order valence-corrected chi connectivity index (χ3v) is 2.93. The number of rotatable bonds is 3. The number of benzene rings is 1. The molecule has 1 heterocycles. The Morgan fingerprint density at radius 2 is 2.17 bits per heavy atom. The van der Waals surface area contributed by atoms with Gasteiger partial charge in [-0.2, -0.15) is 4.98 Å². The van der Waals surface area contributed by atoms with E-state index in [4.69, 9.17) is 4.74 Å². The maximum atomic E-state index is 13.2. The van der Waals surface area contributed by atoms with Gasteiger partial charge in [-0.3, -0.25) is 0 Å². The minimum atomic E-state index is -0.302. The number of hydrogen-bond donors (Lipinski definition) is 0. The van der Waals surface area contributed by atoms with Crippen molar-refractivity contribution >= 4 is 27.6 Å². The van der Waals surface area contributed by atoms with Crippen molar-refractivity contribution in [2.75, 3.05) is 19.1 Å². The fraction of sp³-hybridized carbons (Fsp3) is 0.167. The molecule has 0 spiro atoms. The summed E-state index contributed by atoms with van der Waals surface area (Å²) in [6.07, 6.45) is 1.59. The van der Waals surface area contributed by atoms with E-state index >= 15 is 0 Å². The van der Waals surface area contributed by atoms with Crippen LogP contribution in [0.2, 0.25) is 0 Å². The summed E-state index contributed by atoms with van der Waals surface area (Å²) in [4.78, 5) is 10.1. The summed E-state index contributed by atoms with van der Waals surface area (Å²) < 4.78 is 18.9. The topological polar surface area (TPSA) is 38.2 Å². The molecule has 1 aromatic heterocycles. The molecule has 0 saturated heterocycles. The molecule has 94 valence electrons. The van der Waals surface area contributed by atoms with E-state index in [0.29, 0.717) is 22.0 Å². The Bertz CT molecular complexity index is 565. The number of hydrogen-bond acceptors (Lipinski definition) is 4. The van der Waals surface area contributed by atoms with Gasteiger partial charge >= 0.3 is 0 Å². The van der Waals surface area contributed by atoms with Crippen LogP contribution < -0.4 is 9.64 Å². The lowest BCUT2D eigenvalue weighted by Crippen LogP contribution is -2.13. The molecule has 0 radical (unpaired) electrons. The van der Waals surface area contributed by atoms with Crippen LogP contribution in [0.3, 0.4) is 0 Å². The first-order chi connectivity index (χ1) is 8.61. The molecule has 0 aliphatic carbocycles. The van der Waals surface area contributed by atoms with E-state index in [2.05, 4.69) is 25.9 Å². The maximum Gasteiger partial charge on any atom is 0.232 e. The summed E-state index contributed by atoms with van der Waals surface area (Å²) in [7, 11) is 3.29. The average molecular weight is 312 g/mol. The number of ether oxygens (including phenoxy) is 1. The summed E-state index contributed by atoms with van der Waals surface area (Å²) in [6, 6.07) is 6.22. The predicted molar refractivity (Wildman–Crippen MR) is 70.7 cm³/mol. The maximum absolute atomic E-state index is 13.2. The molecule has 0 amide bonds. The fourth-order valence-corrected chi connectivity index (χ4v) is 1.80. The second-order valence-electron chi connectivity index (χ2n) is 3.57. The Balaban J connectivity index is 2.36. The number of nitrogens with zero attached hydrogens (tertiary/aromatic N) is 3. The first-order valence-electron chi connectivity index (χ1n) is 5.17. The van der Waals surface area contributed by atoms with E-state index < -0.39 is 0 Å². The minimum absolute atomic E-state index is 0.302. The van der Waals surface area contributed by atoms with Crippen LogP contribution in [0.15, 0.2) is 34.9 Å². The number of aromatic nitrogens is 2. The number of halogens is 2. The van der Waals surface area contributed by atoms with Gasteiger partial charge in [0.2, 0.25) is 11.8 Å². The Hall–Kier alpha value is -1.69. The van der Waals surface area contributed by atoms with Gasteiger partial charge in [-0.1, -0.05) is 6.07 Å². The van der Waals surface area contributed by atoms with Gasteiger partial charge in [-0.15, -0.1) is 0 Å². The highest BCUT2D eigenvalue weighted by Gasteiger charge is 2.11. The van der Waals surface area contributed by atoms with Gasteiger partial charge in [0.1, 0.15) is 5.82 Å². The summed E-state index contributed by atoms with van der Waals surface area (Å²) in [6.45, 7) is 0. The Morgan fingerprint density at radius 1 is 1.39 bits per heavy atom. The van der Waals surface area contributed by atoms with Crippen molar-refractivity contribution in [2.45, 2.75) is 0 Å². The zero-order valence-corrected chi connectivity index (χ0v) is 11.5. The monoisotopic (exact) mass is 311 g/mol. The summed E-state index contributed by atoms with van der Waals surface area (Å²) in [5.41, 5.74) is 0.666. The lowest BCUT2D eigenvalue weighted by atomic mass is 10.3. The molecule has 1 aromatic carbocycles. The van der Waals surface area contributed by atoms with E-state index in [1.54, 1.807) is 30.3 Å². The molecule has 4 nitrogen and oxygen atoms in total.